The Bertz CT molecular complexity index is 1220. The number of aromatic nitrogens is 1. The quantitative estimate of drug-likeness (QED) is 0.355. The number of carbonyl (C=O) groups excluding carboxylic acids is 2. The van der Waals surface area contributed by atoms with Gasteiger partial charge in [0, 0.05) is 22.0 Å². The summed E-state index contributed by atoms with van der Waals surface area (Å²) in [4.78, 5) is 40.7. The summed E-state index contributed by atoms with van der Waals surface area (Å²) in [5.74, 6) is -2.21. The molecule has 2 aromatic carbocycles. The van der Waals surface area contributed by atoms with E-state index in [4.69, 9.17) is 0 Å². The lowest BCUT2D eigenvalue weighted by molar-refractivity contribution is -0.132. The van der Waals surface area contributed by atoms with E-state index in [9.17, 15) is 24.6 Å². The average molecular weight is 516 g/mol. The number of hydrogen-bond acceptors (Lipinski definition) is 6. The van der Waals surface area contributed by atoms with Crippen molar-refractivity contribution in [2.45, 2.75) is 13.5 Å². The van der Waals surface area contributed by atoms with Crippen molar-refractivity contribution in [1.82, 2.24) is 15.6 Å². The molecule has 0 spiro atoms. The molecule has 0 saturated heterocycles. The van der Waals surface area contributed by atoms with Gasteiger partial charge in [0.2, 0.25) is 0 Å². The number of phenols is 1. The number of hydrogen-bond donors (Lipinski definition) is 4. The molecule has 10 heteroatoms. The number of aryl methyl sites for hydroxylation is 1. The van der Waals surface area contributed by atoms with Crippen LogP contribution in [0.4, 0.5) is 0 Å². The number of benzene rings is 2. The maximum atomic E-state index is 12.6. The number of carboxylic acid groups (broad SMARTS) is 1. The van der Waals surface area contributed by atoms with Gasteiger partial charge in [0.15, 0.2) is 0 Å². The van der Waals surface area contributed by atoms with Crippen LogP contribution in [0.25, 0.3) is 6.08 Å². The van der Waals surface area contributed by atoms with Gasteiger partial charge >= 0.3 is 5.97 Å². The van der Waals surface area contributed by atoms with Crippen molar-refractivity contribution in [3.8, 4) is 5.75 Å². The van der Waals surface area contributed by atoms with Gasteiger partial charge in [0.05, 0.1) is 16.3 Å². The van der Waals surface area contributed by atoms with Crippen LogP contribution in [0.2, 0.25) is 0 Å². The molecule has 0 atom stereocenters. The monoisotopic (exact) mass is 515 g/mol. The first-order chi connectivity index (χ1) is 15.2. The second-order valence-corrected chi connectivity index (χ2v) is 8.57. The van der Waals surface area contributed by atoms with E-state index >= 15 is 0 Å². The molecule has 0 saturated carbocycles. The van der Waals surface area contributed by atoms with E-state index in [-0.39, 0.29) is 29.5 Å². The summed E-state index contributed by atoms with van der Waals surface area (Å²) in [7, 11) is 0. The molecule has 3 rings (SSSR count). The summed E-state index contributed by atoms with van der Waals surface area (Å²) in [6, 6.07) is 10.9. The maximum Gasteiger partial charge on any atom is 0.352 e. The Morgan fingerprint density at radius 1 is 1.16 bits per heavy atom. The number of rotatable bonds is 7. The van der Waals surface area contributed by atoms with Gasteiger partial charge in [-0.25, -0.2) is 9.78 Å². The number of phenolic OH excluding ortho intramolecular Hbond substituents is 1. The van der Waals surface area contributed by atoms with Gasteiger partial charge in [-0.15, -0.1) is 11.3 Å². The minimum Gasteiger partial charge on any atom is -0.508 e. The lowest BCUT2D eigenvalue weighted by Gasteiger charge is -2.10. The average Bonchev–Trinajstić information content (AvgIpc) is 3.16. The number of thiazole rings is 1. The van der Waals surface area contributed by atoms with Crippen LogP contribution in [-0.2, 0) is 11.3 Å². The van der Waals surface area contributed by atoms with Crippen LogP contribution in [0.15, 0.2) is 58.0 Å². The number of nitrogens with one attached hydrogen (secondary N) is 2. The first-order valence-corrected chi connectivity index (χ1v) is 10.9. The molecule has 1 heterocycles. The summed E-state index contributed by atoms with van der Waals surface area (Å²) in [6.07, 6.45) is 1.28. The summed E-state index contributed by atoms with van der Waals surface area (Å²) >= 11 is 4.63. The fraction of sp³-hybridized carbons (Fsp3) is 0.0909. The highest BCUT2D eigenvalue weighted by atomic mass is 79.9. The van der Waals surface area contributed by atoms with Gasteiger partial charge in [-0.2, -0.15) is 0 Å². The molecule has 8 nitrogen and oxygen atoms in total. The Hall–Kier alpha value is -3.50. The SMILES string of the molecule is Cc1nc(/C=C(/NC(=O)c2ccc(C(=O)NCc3cccc(O)c3)cc2Br)C(=O)O)cs1. The fourth-order valence-corrected chi connectivity index (χ4v) is 3.86. The Kier molecular flexibility index (Phi) is 7.39. The molecular formula is C22H18BrN3O5S. The van der Waals surface area contributed by atoms with Gasteiger partial charge in [-0.05, 0) is 64.8 Å². The standard InChI is InChI=1S/C22H18BrN3O5S/c1-12-25-15(11-32-12)9-19(22(30)31)26-21(29)17-6-5-14(8-18(17)23)20(28)24-10-13-3-2-4-16(27)7-13/h2-9,11,27H,10H2,1H3,(H,24,28)(H,26,29)(H,30,31)/b19-9+. The van der Waals surface area contributed by atoms with Gasteiger partial charge < -0.3 is 20.8 Å². The van der Waals surface area contributed by atoms with Crippen molar-refractivity contribution in [1.29, 1.82) is 0 Å². The van der Waals surface area contributed by atoms with E-state index in [0.717, 1.165) is 10.6 Å². The van der Waals surface area contributed by atoms with Crippen LogP contribution >= 0.6 is 27.3 Å². The van der Waals surface area contributed by atoms with Crippen molar-refractivity contribution in [3.63, 3.8) is 0 Å². The molecule has 0 unspecified atom stereocenters. The zero-order valence-corrected chi connectivity index (χ0v) is 19.2. The minimum atomic E-state index is -1.30. The van der Waals surface area contributed by atoms with Crippen molar-refractivity contribution in [2.24, 2.45) is 0 Å². The molecule has 164 valence electrons. The molecule has 0 bridgehead atoms. The summed E-state index contributed by atoms with van der Waals surface area (Å²) in [5.41, 5.74) is 1.32. The number of aliphatic carboxylic acids is 1. The first-order valence-electron chi connectivity index (χ1n) is 9.27. The minimum absolute atomic E-state index is 0.106. The fourth-order valence-electron chi connectivity index (χ4n) is 2.73. The van der Waals surface area contributed by atoms with Gasteiger partial charge in [0.1, 0.15) is 11.4 Å². The third-order valence-corrected chi connectivity index (χ3v) is 5.69. The number of carboxylic acids is 1. The van der Waals surface area contributed by atoms with Gasteiger partial charge in [-0.3, -0.25) is 9.59 Å². The highest BCUT2D eigenvalue weighted by Crippen LogP contribution is 2.20. The molecule has 0 radical (unpaired) electrons. The Labute approximate surface area is 195 Å². The summed E-state index contributed by atoms with van der Waals surface area (Å²) in [5, 5.41) is 26.5. The second kappa shape index (κ2) is 10.2. The number of carbonyl (C=O) groups is 3. The zero-order chi connectivity index (χ0) is 23.3. The van der Waals surface area contributed by atoms with Crippen LogP contribution < -0.4 is 10.6 Å². The van der Waals surface area contributed by atoms with E-state index < -0.39 is 11.9 Å². The normalized spacial score (nSPS) is 11.1. The van der Waals surface area contributed by atoms with Crippen molar-refractivity contribution >= 4 is 51.1 Å². The van der Waals surface area contributed by atoms with Crippen molar-refractivity contribution in [2.75, 3.05) is 0 Å². The molecule has 2 amide bonds. The Morgan fingerprint density at radius 2 is 1.94 bits per heavy atom. The molecule has 0 aliphatic rings. The van der Waals surface area contributed by atoms with E-state index in [1.54, 1.807) is 30.5 Å². The van der Waals surface area contributed by atoms with E-state index in [1.165, 1.54) is 41.7 Å². The lowest BCUT2D eigenvalue weighted by atomic mass is 10.1. The maximum absolute atomic E-state index is 12.6. The first kappa shape index (κ1) is 23.2. The highest BCUT2D eigenvalue weighted by molar-refractivity contribution is 9.10. The molecule has 0 aliphatic carbocycles. The number of nitrogens with zero attached hydrogens (tertiary/aromatic N) is 1. The molecule has 1 aromatic heterocycles. The largest absolute Gasteiger partial charge is 0.508 e. The van der Waals surface area contributed by atoms with E-state index in [2.05, 4.69) is 31.5 Å². The zero-order valence-electron chi connectivity index (χ0n) is 16.8. The second-order valence-electron chi connectivity index (χ2n) is 6.66. The summed E-state index contributed by atoms with van der Waals surface area (Å²) in [6.45, 7) is 2.01. The Balaban J connectivity index is 1.70. The smallest absolute Gasteiger partial charge is 0.352 e. The van der Waals surface area contributed by atoms with Crippen LogP contribution in [0.1, 0.15) is 37.0 Å². The van der Waals surface area contributed by atoms with E-state index in [1.807, 2.05) is 0 Å². The molecule has 32 heavy (non-hydrogen) atoms. The van der Waals surface area contributed by atoms with Gasteiger partial charge in [-0.1, -0.05) is 12.1 Å². The number of amides is 2. The molecular weight excluding hydrogens is 498 g/mol. The molecule has 0 fully saturated rings. The predicted octanol–water partition coefficient (Wildman–Crippen LogP) is 3.71. The lowest BCUT2D eigenvalue weighted by Crippen LogP contribution is -2.28. The van der Waals surface area contributed by atoms with Crippen LogP contribution in [0, 0.1) is 6.92 Å². The van der Waals surface area contributed by atoms with Crippen LogP contribution in [0.3, 0.4) is 0 Å². The molecule has 4 N–H and O–H groups in total. The molecule has 0 aliphatic heterocycles. The Morgan fingerprint density at radius 3 is 2.56 bits per heavy atom. The predicted molar refractivity (Wildman–Crippen MR) is 123 cm³/mol. The topological polar surface area (TPSA) is 129 Å². The molecule has 3 aromatic rings. The highest BCUT2D eigenvalue weighted by Gasteiger charge is 2.18. The summed E-state index contributed by atoms with van der Waals surface area (Å²) < 4.78 is 0.328. The van der Waals surface area contributed by atoms with Crippen LogP contribution in [-0.4, -0.2) is 33.0 Å². The van der Waals surface area contributed by atoms with Crippen molar-refractivity contribution < 1.29 is 24.6 Å². The van der Waals surface area contributed by atoms with E-state index in [0.29, 0.717) is 15.7 Å². The number of halogens is 1. The third-order valence-electron chi connectivity index (χ3n) is 4.25. The van der Waals surface area contributed by atoms with Gasteiger partial charge in [0.25, 0.3) is 11.8 Å². The third kappa shape index (κ3) is 6.02. The van der Waals surface area contributed by atoms with Crippen molar-refractivity contribution in [3.05, 3.63) is 85.4 Å². The number of aromatic hydroxyl groups is 1. The van der Waals surface area contributed by atoms with Crippen LogP contribution in [0.5, 0.6) is 5.75 Å².